The lowest BCUT2D eigenvalue weighted by atomic mass is 10.1. The van der Waals surface area contributed by atoms with Crippen molar-refractivity contribution in [3.63, 3.8) is 0 Å². The summed E-state index contributed by atoms with van der Waals surface area (Å²) < 4.78 is 41.2. The first-order chi connectivity index (χ1) is 23.2. The molecule has 4 aliphatic rings. The van der Waals surface area contributed by atoms with Crippen LogP contribution < -0.4 is 19.5 Å². The molecule has 254 valence electrons. The van der Waals surface area contributed by atoms with Gasteiger partial charge in [0.25, 0.3) is 5.91 Å². The minimum absolute atomic E-state index is 0.154. The smallest absolute Gasteiger partial charge is 0.259 e. The van der Waals surface area contributed by atoms with Gasteiger partial charge in [0.15, 0.2) is 5.82 Å². The summed E-state index contributed by atoms with van der Waals surface area (Å²) in [6.07, 6.45) is 12.8. The van der Waals surface area contributed by atoms with Gasteiger partial charge in [0.1, 0.15) is 23.4 Å². The van der Waals surface area contributed by atoms with Crippen LogP contribution in [0.25, 0.3) is 16.6 Å². The van der Waals surface area contributed by atoms with Crippen LogP contribution >= 0.6 is 0 Å². The van der Waals surface area contributed by atoms with Crippen molar-refractivity contribution in [2.24, 2.45) is 5.92 Å². The molecule has 48 heavy (non-hydrogen) atoms. The number of nitrogens with one attached hydrogen (secondary N) is 2. The van der Waals surface area contributed by atoms with Crippen molar-refractivity contribution in [3.05, 3.63) is 54.9 Å². The number of fused-ring (bicyclic) bond motifs is 3. The second kappa shape index (κ2) is 12.9. The lowest BCUT2D eigenvalue weighted by Gasteiger charge is -2.26. The molecule has 2 aliphatic heterocycles. The zero-order valence-electron chi connectivity index (χ0n) is 26.8. The number of aromatic nitrogens is 3. The van der Waals surface area contributed by atoms with E-state index in [-0.39, 0.29) is 37.6 Å². The van der Waals surface area contributed by atoms with Crippen molar-refractivity contribution in [2.45, 2.75) is 87.1 Å². The number of ether oxygens (including phenoxy) is 2. The molecule has 2 N–H and O–H groups in total. The number of carbonyl (C=O) groups is 3. The van der Waals surface area contributed by atoms with Crippen molar-refractivity contribution >= 4 is 38.5 Å². The normalized spacial score (nSPS) is 27.2. The van der Waals surface area contributed by atoms with E-state index in [0.717, 1.165) is 36.5 Å². The topological polar surface area (TPSA) is 162 Å². The number of methoxy groups -OCH3 is 1. The molecule has 4 heterocycles. The van der Waals surface area contributed by atoms with Gasteiger partial charge in [0.05, 0.1) is 18.9 Å². The lowest BCUT2D eigenvalue weighted by Crippen LogP contribution is -2.56. The molecule has 2 aromatic heterocycles. The molecular formula is C34H40N6O7S. The van der Waals surface area contributed by atoms with Gasteiger partial charge in [-0.3, -0.25) is 19.1 Å². The van der Waals surface area contributed by atoms with Crippen LogP contribution in [0.15, 0.2) is 54.9 Å². The van der Waals surface area contributed by atoms with Gasteiger partial charge in [0.2, 0.25) is 27.7 Å². The van der Waals surface area contributed by atoms with Gasteiger partial charge in [-0.05, 0) is 74.2 Å². The Balaban J connectivity index is 1.17. The van der Waals surface area contributed by atoms with E-state index < -0.39 is 44.8 Å². The molecule has 13 nitrogen and oxygen atoms in total. The van der Waals surface area contributed by atoms with Crippen molar-refractivity contribution in [1.82, 2.24) is 29.7 Å². The number of benzene rings is 1. The summed E-state index contributed by atoms with van der Waals surface area (Å²) in [6.45, 7) is 0.154. The van der Waals surface area contributed by atoms with Crippen LogP contribution in [-0.2, 0) is 24.4 Å². The maximum Gasteiger partial charge on any atom is 0.259 e. The van der Waals surface area contributed by atoms with Crippen LogP contribution in [0.5, 0.6) is 11.6 Å². The number of carbonyl (C=O) groups excluding carboxylic acids is 3. The molecule has 4 atom stereocenters. The van der Waals surface area contributed by atoms with Crippen molar-refractivity contribution in [1.29, 1.82) is 0 Å². The number of rotatable bonds is 7. The Morgan fingerprint density at radius 2 is 1.96 bits per heavy atom. The minimum atomic E-state index is -3.82. The summed E-state index contributed by atoms with van der Waals surface area (Å²) in [7, 11) is -2.23. The van der Waals surface area contributed by atoms with Gasteiger partial charge in [-0.15, -0.1) is 0 Å². The van der Waals surface area contributed by atoms with Crippen LogP contribution in [0.3, 0.4) is 0 Å². The molecule has 1 saturated heterocycles. The summed E-state index contributed by atoms with van der Waals surface area (Å²) in [5, 5.41) is 8.18. The van der Waals surface area contributed by atoms with Crippen LogP contribution in [-0.4, -0.2) is 82.4 Å². The third-order valence-corrected chi connectivity index (χ3v) is 11.6. The molecule has 3 fully saturated rings. The van der Waals surface area contributed by atoms with Gasteiger partial charge in [-0.1, -0.05) is 25.0 Å². The minimum Gasteiger partial charge on any atom is -0.497 e. The Morgan fingerprint density at radius 3 is 2.73 bits per heavy atom. The fraction of sp³-hybridized carbons (Fsp3) is 0.500. The first kappa shape index (κ1) is 32.1. The van der Waals surface area contributed by atoms with Crippen molar-refractivity contribution < 1.29 is 32.3 Å². The molecule has 3 amide bonds. The molecule has 7 rings (SSSR count). The van der Waals surface area contributed by atoms with Crippen LogP contribution in [0, 0.1) is 5.92 Å². The molecule has 3 aromatic rings. The molecule has 0 spiro atoms. The fourth-order valence-electron chi connectivity index (χ4n) is 6.76. The van der Waals surface area contributed by atoms with E-state index in [0.29, 0.717) is 36.7 Å². The number of pyridine rings is 1. The summed E-state index contributed by atoms with van der Waals surface area (Å²) in [4.78, 5) is 47.5. The van der Waals surface area contributed by atoms with E-state index in [9.17, 15) is 22.8 Å². The first-order valence-electron chi connectivity index (χ1n) is 16.7. The van der Waals surface area contributed by atoms with Crippen molar-refractivity contribution in [3.8, 4) is 17.4 Å². The molecule has 14 heteroatoms. The monoisotopic (exact) mass is 676 g/mol. The summed E-state index contributed by atoms with van der Waals surface area (Å²) in [6, 6.07) is 8.30. The Hall–Kier alpha value is -4.46. The number of hydrogen-bond donors (Lipinski definition) is 2. The number of hydrogen-bond acceptors (Lipinski definition) is 9. The van der Waals surface area contributed by atoms with Gasteiger partial charge in [0, 0.05) is 36.5 Å². The Morgan fingerprint density at radius 1 is 1.12 bits per heavy atom. The van der Waals surface area contributed by atoms with Crippen LogP contribution in [0.1, 0.15) is 64.2 Å². The highest BCUT2D eigenvalue weighted by Gasteiger charge is 2.62. The first-order valence-corrected chi connectivity index (χ1v) is 18.2. The highest BCUT2D eigenvalue weighted by molar-refractivity contribution is 7.91. The molecule has 1 unspecified atom stereocenters. The number of sulfonamides is 1. The Bertz CT molecular complexity index is 1860. The molecule has 1 aromatic carbocycles. The van der Waals surface area contributed by atoms with E-state index in [2.05, 4.69) is 15.1 Å². The van der Waals surface area contributed by atoms with E-state index in [1.807, 2.05) is 36.4 Å². The summed E-state index contributed by atoms with van der Waals surface area (Å²) in [5.74, 6) is -0.232. The Labute approximate surface area is 279 Å². The quantitative estimate of drug-likeness (QED) is 0.358. The molecule has 0 radical (unpaired) electrons. The van der Waals surface area contributed by atoms with Crippen molar-refractivity contribution in [2.75, 3.05) is 13.7 Å². The highest BCUT2D eigenvalue weighted by Crippen LogP contribution is 2.46. The Kier molecular flexibility index (Phi) is 8.60. The van der Waals surface area contributed by atoms with Crippen LogP contribution in [0.4, 0.5) is 0 Å². The van der Waals surface area contributed by atoms with E-state index in [4.69, 9.17) is 14.5 Å². The average Bonchev–Trinajstić information content (AvgIpc) is 3.93. The maximum absolute atomic E-state index is 14.1. The van der Waals surface area contributed by atoms with Crippen LogP contribution in [0.2, 0.25) is 0 Å². The van der Waals surface area contributed by atoms with Gasteiger partial charge < -0.3 is 19.7 Å². The predicted molar refractivity (Wildman–Crippen MR) is 176 cm³/mol. The number of allylic oxidation sites excluding steroid dienone is 1. The molecule has 2 saturated carbocycles. The zero-order chi connectivity index (χ0) is 33.5. The van der Waals surface area contributed by atoms with E-state index in [1.165, 1.54) is 0 Å². The van der Waals surface area contributed by atoms with Gasteiger partial charge >= 0.3 is 0 Å². The molecule has 2 aliphatic carbocycles. The van der Waals surface area contributed by atoms with Gasteiger partial charge in [-0.25, -0.2) is 13.1 Å². The second-order valence-electron chi connectivity index (χ2n) is 13.2. The third kappa shape index (κ3) is 6.49. The van der Waals surface area contributed by atoms with E-state index in [1.54, 1.807) is 35.2 Å². The average molecular weight is 677 g/mol. The largest absolute Gasteiger partial charge is 0.497 e. The lowest BCUT2D eigenvalue weighted by molar-refractivity contribution is -0.139. The second-order valence-corrected chi connectivity index (χ2v) is 15.1. The molecule has 0 bridgehead atoms. The molecular weight excluding hydrogens is 636 g/mol. The predicted octanol–water partition coefficient (Wildman–Crippen LogP) is 3.17. The van der Waals surface area contributed by atoms with Gasteiger partial charge in [-0.2, -0.15) is 10.1 Å². The SMILES string of the molecule is COc1ccc2c(O[C@@H]3CC4C(=O)N[C@]5(C(=O)NS(=O)(=O)C6CC6)C[C@H]5/C=C\CCCCCCC(=O)N4C3)nc(-n3cccn3)cc2c1. The zero-order valence-corrected chi connectivity index (χ0v) is 27.7. The highest BCUT2D eigenvalue weighted by atomic mass is 32.2. The summed E-state index contributed by atoms with van der Waals surface area (Å²) in [5.41, 5.74) is -1.40. The standard InChI is InChI=1S/C34H40N6O7S/c1-46-24-11-14-27-22(17-24)18-29(40-16-8-15-35-40)36-32(27)47-25-19-28-31(42)37-34(33(43)38-48(44,45)26-12-13-26)20-23(34)9-6-4-2-3-5-7-10-30(41)39(28)21-25/h6,8-9,11,14-18,23,25-26,28H,2-5,7,10,12-13,19-21H2,1H3,(H,37,42)(H,38,43)/b9-6-/t23-,25-,28?,34-/m1/s1. The third-order valence-electron chi connectivity index (χ3n) is 9.74. The number of nitrogens with zero attached hydrogens (tertiary/aromatic N) is 4. The maximum atomic E-state index is 14.1. The summed E-state index contributed by atoms with van der Waals surface area (Å²) >= 11 is 0. The number of amides is 3. The fourth-order valence-corrected chi connectivity index (χ4v) is 8.12. The van der Waals surface area contributed by atoms with E-state index >= 15 is 0 Å².